The van der Waals surface area contributed by atoms with Crippen LogP contribution in [0.3, 0.4) is 0 Å². The lowest BCUT2D eigenvalue weighted by atomic mass is 10.0. The second-order valence-electron chi connectivity index (χ2n) is 7.21. The van der Waals surface area contributed by atoms with E-state index in [9.17, 15) is 18.4 Å². The van der Waals surface area contributed by atoms with E-state index < -0.39 is 24.5 Å². The van der Waals surface area contributed by atoms with E-state index in [1.807, 2.05) is 30.3 Å². The number of nitrogens with one attached hydrogen (secondary N) is 2. The molecular formula is C24H20F2N2O4. The zero-order valence-corrected chi connectivity index (χ0v) is 16.9. The number of hydrogen-bond acceptors (Lipinski definition) is 4. The number of ether oxygens (including phenoxy) is 2. The quantitative estimate of drug-likeness (QED) is 0.565. The minimum absolute atomic E-state index is 0.0356. The summed E-state index contributed by atoms with van der Waals surface area (Å²) in [6.07, 6.45) is -0.837. The highest BCUT2D eigenvalue weighted by Crippen LogP contribution is 2.30. The fourth-order valence-electron chi connectivity index (χ4n) is 3.43. The standard InChI is InChI=1S/C24H20F2N2O4/c25-24(26)32-19-11-10-17(13-16(19)12-15-6-2-1-3-7-15)27-22(29)14-21-23(30)28-18-8-4-5-9-20(18)31-21/h1-11,13,21,24H,12,14H2,(H,27,29)(H,28,30)/t21-/m0/s1. The van der Waals surface area contributed by atoms with Crippen molar-refractivity contribution in [1.82, 2.24) is 0 Å². The van der Waals surface area contributed by atoms with Crippen LogP contribution in [-0.2, 0) is 16.0 Å². The fourth-order valence-corrected chi connectivity index (χ4v) is 3.43. The summed E-state index contributed by atoms with van der Waals surface area (Å²) in [5, 5.41) is 5.41. The molecule has 1 aliphatic rings. The van der Waals surface area contributed by atoms with Gasteiger partial charge in [-0.1, -0.05) is 42.5 Å². The monoisotopic (exact) mass is 438 g/mol. The fraction of sp³-hybridized carbons (Fsp3) is 0.167. The zero-order valence-electron chi connectivity index (χ0n) is 16.9. The molecule has 2 N–H and O–H groups in total. The first-order chi connectivity index (χ1) is 15.5. The molecule has 164 valence electrons. The van der Waals surface area contributed by atoms with E-state index in [0.29, 0.717) is 29.1 Å². The number of rotatable bonds is 7. The molecule has 1 aliphatic heterocycles. The van der Waals surface area contributed by atoms with Crippen LogP contribution in [0.2, 0.25) is 0 Å². The number of amides is 2. The van der Waals surface area contributed by atoms with Gasteiger partial charge in [0.25, 0.3) is 5.91 Å². The molecule has 0 saturated carbocycles. The molecule has 0 saturated heterocycles. The van der Waals surface area contributed by atoms with Gasteiger partial charge in [0.15, 0.2) is 6.10 Å². The van der Waals surface area contributed by atoms with E-state index >= 15 is 0 Å². The summed E-state index contributed by atoms with van der Waals surface area (Å²) in [6.45, 7) is -2.96. The number of alkyl halides is 2. The van der Waals surface area contributed by atoms with Crippen LogP contribution >= 0.6 is 0 Å². The highest BCUT2D eigenvalue weighted by molar-refractivity contribution is 6.02. The van der Waals surface area contributed by atoms with Gasteiger partial charge < -0.3 is 20.1 Å². The van der Waals surface area contributed by atoms with Crippen LogP contribution in [0.25, 0.3) is 0 Å². The Morgan fingerprint density at radius 3 is 2.59 bits per heavy atom. The van der Waals surface area contributed by atoms with Gasteiger partial charge in [0.05, 0.1) is 12.1 Å². The first kappa shape index (κ1) is 21.3. The number of fused-ring (bicyclic) bond motifs is 1. The smallest absolute Gasteiger partial charge is 0.387 e. The van der Waals surface area contributed by atoms with Crippen molar-refractivity contribution < 1.29 is 27.8 Å². The molecule has 0 unspecified atom stereocenters. The number of para-hydroxylation sites is 2. The Bertz CT molecular complexity index is 1120. The molecule has 6 nitrogen and oxygen atoms in total. The van der Waals surface area contributed by atoms with Crippen LogP contribution in [0.1, 0.15) is 17.5 Å². The number of anilines is 2. The highest BCUT2D eigenvalue weighted by Gasteiger charge is 2.29. The van der Waals surface area contributed by atoms with E-state index in [4.69, 9.17) is 4.74 Å². The summed E-state index contributed by atoms with van der Waals surface area (Å²) in [5.41, 5.74) is 2.35. The molecule has 0 fully saturated rings. The van der Waals surface area contributed by atoms with E-state index in [1.54, 1.807) is 30.3 Å². The molecule has 0 spiro atoms. The van der Waals surface area contributed by atoms with Crippen molar-refractivity contribution in [3.05, 3.63) is 83.9 Å². The molecule has 1 heterocycles. The second-order valence-corrected chi connectivity index (χ2v) is 7.21. The number of carbonyl (C=O) groups is 2. The van der Waals surface area contributed by atoms with E-state index in [0.717, 1.165) is 5.56 Å². The molecule has 3 aromatic carbocycles. The second kappa shape index (κ2) is 9.47. The summed E-state index contributed by atoms with van der Waals surface area (Å²) in [6, 6.07) is 20.7. The van der Waals surface area contributed by atoms with Crippen LogP contribution in [-0.4, -0.2) is 24.5 Å². The van der Waals surface area contributed by atoms with Gasteiger partial charge in [0.2, 0.25) is 5.91 Å². The Labute approximate surface area is 183 Å². The molecule has 8 heteroatoms. The Morgan fingerprint density at radius 2 is 1.81 bits per heavy atom. The SMILES string of the molecule is O=C(C[C@@H]1Oc2ccccc2NC1=O)Nc1ccc(OC(F)F)c(Cc2ccccc2)c1. The maximum absolute atomic E-state index is 12.8. The van der Waals surface area contributed by atoms with Gasteiger partial charge in [0, 0.05) is 17.7 Å². The lowest BCUT2D eigenvalue weighted by Crippen LogP contribution is -2.39. The summed E-state index contributed by atoms with van der Waals surface area (Å²) in [5.74, 6) is -0.334. The average molecular weight is 438 g/mol. The zero-order chi connectivity index (χ0) is 22.5. The third-order valence-corrected chi connectivity index (χ3v) is 4.88. The minimum atomic E-state index is -2.96. The lowest BCUT2D eigenvalue weighted by molar-refractivity contribution is -0.128. The van der Waals surface area contributed by atoms with Crippen molar-refractivity contribution in [2.24, 2.45) is 0 Å². The lowest BCUT2D eigenvalue weighted by Gasteiger charge is -2.25. The van der Waals surface area contributed by atoms with Crippen molar-refractivity contribution in [3.63, 3.8) is 0 Å². The van der Waals surface area contributed by atoms with E-state index in [2.05, 4.69) is 15.4 Å². The van der Waals surface area contributed by atoms with Gasteiger partial charge in [-0.2, -0.15) is 8.78 Å². The molecule has 0 aliphatic carbocycles. The van der Waals surface area contributed by atoms with E-state index in [1.165, 1.54) is 12.1 Å². The Morgan fingerprint density at radius 1 is 1.06 bits per heavy atom. The van der Waals surface area contributed by atoms with Crippen LogP contribution in [0.15, 0.2) is 72.8 Å². The van der Waals surface area contributed by atoms with Crippen LogP contribution in [0.4, 0.5) is 20.2 Å². The summed E-state index contributed by atoms with van der Waals surface area (Å²) in [4.78, 5) is 24.8. The van der Waals surface area contributed by atoms with Crippen molar-refractivity contribution in [1.29, 1.82) is 0 Å². The molecule has 0 aromatic heterocycles. The topological polar surface area (TPSA) is 76.7 Å². The Hall–Kier alpha value is -3.94. The van der Waals surface area contributed by atoms with Gasteiger partial charge in [-0.05, 0) is 35.9 Å². The molecule has 0 bridgehead atoms. The molecule has 32 heavy (non-hydrogen) atoms. The maximum Gasteiger partial charge on any atom is 0.387 e. The number of halogens is 2. The van der Waals surface area contributed by atoms with E-state index in [-0.39, 0.29) is 12.2 Å². The van der Waals surface area contributed by atoms with Gasteiger partial charge >= 0.3 is 6.61 Å². The van der Waals surface area contributed by atoms with Crippen molar-refractivity contribution in [2.75, 3.05) is 10.6 Å². The molecule has 4 rings (SSSR count). The maximum atomic E-state index is 12.8. The largest absolute Gasteiger partial charge is 0.478 e. The van der Waals surface area contributed by atoms with Crippen LogP contribution < -0.4 is 20.1 Å². The molecule has 3 aromatic rings. The third kappa shape index (κ3) is 5.21. The molecule has 0 radical (unpaired) electrons. The summed E-state index contributed by atoms with van der Waals surface area (Å²) in [7, 11) is 0. The minimum Gasteiger partial charge on any atom is -0.478 e. The van der Waals surface area contributed by atoms with Crippen LogP contribution in [0, 0.1) is 0 Å². The molecular weight excluding hydrogens is 418 g/mol. The Kier molecular flexibility index (Phi) is 6.30. The van der Waals surface area contributed by atoms with Crippen molar-refractivity contribution in [3.8, 4) is 11.5 Å². The van der Waals surface area contributed by atoms with Gasteiger partial charge in [-0.3, -0.25) is 9.59 Å². The Balaban J connectivity index is 1.47. The number of benzene rings is 3. The van der Waals surface area contributed by atoms with Crippen LogP contribution in [0.5, 0.6) is 11.5 Å². The van der Waals surface area contributed by atoms with Gasteiger partial charge in [-0.25, -0.2) is 0 Å². The van der Waals surface area contributed by atoms with Crippen molar-refractivity contribution >= 4 is 23.2 Å². The molecule has 1 atom stereocenters. The normalized spacial score (nSPS) is 14.8. The predicted molar refractivity (Wildman–Crippen MR) is 115 cm³/mol. The highest BCUT2D eigenvalue weighted by atomic mass is 19.3. The first-order valence-electron chi connectivity index (χ1n) is 9.96. The predicted octanol–water partition coefficient (Wildman–Crippen LogP) is 4.61. The number of carbonyl (C=O) groups excluding carboxylic acids is 2. The van der Waals surface area contributed by atoms with Gasteiger partial charge in [-0.15, -0.1) is 0 Å². The van der Waals surface area contributed by atoms with Gasteiger partial charge in [0.1, 0.15) is 11.5 Å². The number of hydrogen-bond donors (Lipinski definition) is 2. The average Bonchev–Trinajstić information content (AvgIpc) is 2.76. The molecule has 2 amide bonds. The van der Waals surface area contributed by atoms with Crippen molar-refractivity contribution in [2.45, 2.75) is 25.6 Å². The summed E-state index contributed by atoms with van der Waals surface area (Å²) >= 11 is 0. The first-order valence-corrected chi connectivity index (χ1v) is 9.96. The third-order valence-electron chi connectivity index (χ3n) is 4.88. The summed E-state index contributed by atoms with van der Waals surface area (Å²) < 4.78 is 35.9.